The summed E-state index contributed by atoms with van der Waals surface area (Å²) in [7, 11) is 0. The molecular formula is C18H24N2. The van der Waals surface area contributed by atoms with Gasteiger partial charge in [0, 0.05) is 18.3 Å². The number of hydrogen-bond donors (Lipinski definition) is 2. The van der Waals surface area contributed by atoms with Gasteiger partial charge in [0.2, 0.25) is 0 Å². The van der Waals surface area contributed by atoms with Gasteiger partial charge < -0.3 is 11.1 Å². The van der Waals surface area contributed by atoms with E-state index in [0.29, 0.717) is 0 Å². The van der Waals surface area contributed by atoms with Gasteiger partial charge in [-0.2, -0.15) is 0 Å². The molecule has 2 nitrogen and oxygen atoms in total. The molecule has 2 heteroatoms. The van der Waals surface area contributed by atoms with Crippen molar-refractivity contribution in [3.05, 3.63) is 42.0 Å². The summed E-state index contributed by atoms with van der Waals surface area (Å²) in [6.07, 6.45) is 4.94. The third kappa shape index (κ3) is 3.13. The lowest BCUT2D eigenvalue weighted by atomic mass is 10.0. The van der Waals surface area contributed by atoms with Crippen LogP contribution in [0.2, 0.25) is 0 Å². The highest BCUT2D eigenvalue weighted by atomic mass is 14.9. The van der Waals surface area contributed by atoms with Gasteiger partial charge in [0.15, 0.2) is 0 Å². The lowest BCUT2D eigenvalue weighted by molar-refractivity contribution is 0.627. The van der Waals surface area contributed by atoms with Gasteiger partial charge in [0.05, 0.1) is 0 Å². The highest BCUT2D eigenvalue weighted by molar-refractivity contribution is 5.86. The molecule has 20 heavy (non-hydrogen) atoms. The van der Waals surface area contributed by atoms with Crippen LogP contribution in [0, 0.1) is 0 Å². The minimum Gasteiger partial charge on any atom is -0.383 e. The zero-order valence-electron chi connectivity index (χ0n) is 12.2. The summed E-state index contributed by atoms with van der Waals surface area (Å²) in [6, 6.07) is 13.7. The van der Waals surface area contributed by atoms with Crippen LogP contribution in [0.4, 0.5) is 5.69 Å². The first-order valence-corrected chi connectivity index (χ1v) is 7.79. The van der Waals surface area contributed by atoms with Crippen LogP contribution in [-0.4, -0.2) is 12.6 Å². The number of hydrogen-bond acceptors (Lipinski definition) is 2. The number of nitrogens with one attached hydrogen (secondary N) is 1. The first-order chi connectivity index (χ1) is 9.76. The SMILES string of the molecule is CCC[C@H](N)CNc1ccc2cc(C3CC3)ccc2c1. The molecule has 0 amide bonds. The van der Waals surface area contributed by atoms with Crippen molar-refractivity contribution in [1.29, 1.82) is 0 Å². The molecule has 1 saturated carbocycles. The van der Waals surface area contributed by atoms with Crippen LogP contribution >= 0.6 is 0 Å². The average molecular weight is 268 g/mol. The molecule has 106 valence electrons. The van der Waals surface area contributed by atoms with E-state index in [1.165, 1.54) is 34.9 Å². The molecule has 3 N–H and O–H groups in total. The van der Waals surface area contributed by atoms with Crippen molar-refractivity contribution < 1.29 is 0 Å². The number of rotatable bonds is 6. The molecule has 1 aliphatic rings. The third-order valence-corrected chi connectivity index (χ3v) is 4.14. The second-order valence-corrected chi connectivity index (χ2v) is 6.03. The van der Waals surface area contributed by atoms with E-state index in [2.05, 4.69) is 48.6 Å². The first kappa shape index (κ1) is 13.4. The van der Waals surface area contributed by atoms with Gasteiger partial charge in [-0.05, 0) is 53.6 Å². The Balaban J connectivity index is 1.72. The van der Waals surface area contributed by atoms with Crippen molar-refractivity contribution in [2.24, 2.45) is 5.73 Å². The van der Waals surface area contributed by atoms with Crippen LogP contribution < -0.4 is 11.1 Å². The summed E-state index contributed by atoms with van der Waals surface area (Å²) in [4.78, 5) is 0. The summed E-state index contributed by atoms with van der Waals surface area (Å²) < 4.78 is 0. The van der Waals surface area contributed by atoms with Crippen LogP contribution in [0.5, 0.6) is 0 Å². The molecule has 1 aliphatic carbocycles. The van der Waals surface area contributed by atoms with Gasteiger partial charge in [-0.25, -0.2) is 0 Å². The van der Waals surface area contributed by atoms with E-state index in [-0.39, 0.29) is 6.04 Å². The molecule has 0 aliphatic heterocycles. The Morgan fingerprint density at radius 2 is 1.90 bits per heavy atom. The molecule has 0 bridgehead atoms. The Morgan fingerprint density at radius 1 is 1.15 bits per heavy atom. The summed E-state index contributed by atoms with van der Waals surface area (Å²) in [6.45, 7) is 3.02. The normalized spacial score (nSPS) is 16.3. The van der Waals surface area contributed by atoms with Crippen molar-refractivity contribution >= 4 is 16.5 Å². The summed E-state index contributed by atoms with van der Waals surface area (Å²) in [5.74, 6) is 0.823. The van der Waals surface area contributed by atoms with Gasteiger partial charge in [-0.3, -0.25) is 0 Å². The van der Waals surface area contributed by atoms with E-state index in [1.807, 2.05) is 0 Å². The second kappa shape index (κ2) is 5.84. The fourth-order valence-corrected chi connectivity index (χ4v) is 2.77. The molecule has 0 unspecified atom stereocenters. The minimum absolute atomic E-state index is 0.243. The Bertz CT molecular complexity index is 587. The summed E-state index contributed by atoms with van der Waals surface area (Å²) >= 11 is 0. The molecule has 2 aromatic rings. The molecule has 2 aromatic carbocycles. The van der Waals surface area contributed by atoms with E-state index in [1.54, 1.807) is 0 Å². The maximum absolute atomic E-state index is 6.04. The Labute approximate surface area is 121 Å². The monoisotopic (exact) mass is 268 g/mol. The molecule has 1 fully saturated rings. The molecule has 0 heterocycles. The van der Waals surface area contributed by atoms with Crippen LogP contribution in [-0.2, 0) is 0 Å². The van der Waals surface area contributed by atoms with Gasteiger partial charge in [-0.15, -0.1) is 0 Å². The predicted molar refractivity (Wildman–Crippen MR) is 87.3 cm³/mol. The van der Waals surface area contributed by atoms with Crippen molar-refractivity contribution in [1.82, 2.24) is 0 Å². The minimum atomic E-state index is 0.243. The first-order valence-electron chi connectivity index (χ1n) is 7.79. The van der Waals surface area contributed by atoms with E-state index in [9.17, 15) is 0 Å². The van der Waals surface area contributed by atoms with Gasteiger partial charge >= 0.3 is 0 Å². The number of nitrogens with two attached hydrogens (primary N) is 1. The van der Waals surface area contributed by atoms with Crippen molar-refractivity contribution in [2.45, 2.75) is 44.6 Å². The quantitative estimate of drug-likeness (QED) is 0.821. The third-order valence-electron chi connectivity index (χ3n) is 4.14. The average Bonchev–Trinajstić information content (AvgIpc) is 3.29. The predicted octanol–water partition coefficient (Wildman–Crippen LogP) is 4.26. The van der Waals surface area contributed by atoms with Crippen LogP contribution in [0.3, 0.4) is 0 Å². The molecule has 0 spiro atoms. The van der Waals surface area contributed by atoms with E-state index in [4.69, 9.17) is 5.73 Å². The van der Waals surface area contributed by atoms with Crippen molar-refractivity contribution in [3.8, 4) is 0 Å². The zero-order chi connectivity index (χ0) is 13.9. The zero-order valence-corrected chi connectivity index (χ0v) is 12.2. The number of anilines is 1. The summed E-state index contributed by atoms with van der Waals surface area (Å²) in [5, 5.41) is 6.10. The fourth-order valence-electron chi connectivity index (χ4n) is 2.77. The largest absolute Gasteiger partial charge is 0.383 e. The number of fused-ring (bicyclic) bond motifs is 1. The standard InChI is InChI=1S/C18H24N2/c1-2-3-17(19)12-20-18-9-8-15-10-14(13-4-5-13)6-7-16(15)11-18/h6-11,13,17,20H,2-5,12,19H2,1H3/t17-/m0/s1. The molecule has 3 rings (SSSR count). The summed E-state index contributed by atoms with van der Waals surface area (Å²) in [5.41, 5.74) is 8.71. The highest BCUT2D eigenvalue weighted by Crippen LogP contribution is 2.41. The Morgan fingerprint density at radius 3 is 2.65 bits per heavy atom. The van der Waals surface area contributed by atoms with Crippen LogP contribution in [0.15, 0.2) is 36.4 Å². The molecule has 0 radical (unpaired) electrons. The smallest absolute Gasteiger partial charge is 0.0347 e. The molecule has 1 atom stereocenters. The Kier molecular flexibility index (Phi) is 3.93. The van der Waals surface area contributed by atoms with Gasteiger partial charge in [0.25, 0.3) is 0 Å². The topological polar surface area (TPSA) is 38.0 Å². The number of benzene rings is 2. The van der Waals surface area contributed by atoms with Crippen molar-refractivity contribution in [2.75, 3.05) is 11.9 Å². The molecule has 0 aromatic heterocycles. The lowest BCUT2D eigenvalue weighted by Gasteiger charge is -2.13. The Hall–Kier alpha value is -1.54. The maximum Gasteiger partial charge on any atom is 0.0347 e. The molecule has 0 saturated heterocycles. The van der Waals surface area contributed by atoms with E-state index in [0.717, 1.165) is 25.3 Å². The van der Waals surface area contributed by atoms with Gasteiger partial charge in [0.1, 0.15) is 0 Å². The second-order valence-electron chi connectivity index (χ2n) is 6.03. The van der Waals surface area contributed by atoms with Crippen molar-refractivity contribution in [3.63, 3.8) is 0 Å². The van der Waals surface area contributed by atoms with Gasteiger partial charge in [-0.1, -0.05) is 37.6 Å². The highest BCUT2D eigenvalue weighted by Gasteiger charge is 2.23. The maximum atomic E-state index is 6.04. The van der Waals surface area contributed by atoms with Crippen LogP contribution in [0.25, 0.3) is 10.8 Å². The van der Waals surface area contributed by atoms with E-state index >= 15 is 0 Å². The molecular weight excluding hydrogens is 244 g/mol. The van der Waals surface area contributed by atoms with E-state index < -0.39 is 0 Å². The lowest BCUT2D eigenvalue weighted by Crippen LogP contribution is -2.28. The fraction of sp³-hybridized carbons (Fsp3) is 0.444. The van der Waals surface area contributed by atoms with Crippen LogP contribution in [0.1, 0.15) is 44.1 Å².